The van der Waals surface area contributed by atoms with E-state index in [0.717, 1.165) is 22.8 Å². The largest absolute Gasteiger partial charge is 0.454 e. The van der Waals surface area contributed by atoms with E-state index >= 15 is 0 Å². The van der Waals surface area contributed by atoms with Gasteiger partial charge in [0.25, 0.3) is 5.56 Å². The van der Waals surface area contributed by atoms with E-state index in [4.69, 9.17) is 9.47 Å². The van der Waals surface area contributed by atoms with Gasteiger partial charge in [-0.15, -0.1) is 0 Å². The maximum Gasteiger partial charge on any atom is 0.267 e. The molecule has 0 aliphatic carbocycles. The Morgan fingerprint density at radius 2 is 2.22 bits per heavy atom. The number of nitrogens with zero attached hydrogens (tertiary/aromatic N) is 1. The van der Waals surface area contributed by atoms with Crippen molar-refractivity contribution < 1.29 is 9.47 Å². The highest BCUT2D eigenvalue weighted by Gasteiger charge is 2.18. The van der Waals surface area contributed by atoms with Crippen molar-refractivity contribution in [3.63, 3.8) is 0 Å². The number of benzene rings is 1. The molecule has 5 heteroatoms. The van der Waals surface area contributed by atoms with Crippen LogP contribution in [0.4, 0.5) is 0 Å². The molecule has 1 N–H and O–H groups in total. The molecule has 0 unspecified atom stereocenters. The lowest BCUT2D eigenvalue weighted by molar-refractivity contribution is 0.173. The molecule has 0 bridgehead atoms. The summed E-state index contributed by atoms with van der Waals surface area (Å²) in [5.74, 6) is 1.46. The Kier molecular flexibility index (Phi) is 2.51. The first-order valence-electron chi connectivity index (χ1n) is 5.67. The fourth-order valence-corrected chi connectivity index (χ4v) is 2.03. The molecule has 92 valence electrons. The summed E-state index contributed by atoms with van der Waals surface area (Å²) in [4.78, 5) is 11.7. The molecule has 18 heavy (non-hydrogen) atoms. The first-order chi connectivity index (χ1) is 8.74. The number of hydrogen-bond acceptors (Lipinski definition) is 4. The summed E-state index contributed by atoms with van der Waals surface area (Å²) in [6, 6.07) is 7.47. The van der Waals surface area contributed by atoms with Crippen molar-refractivity contribution in [1.82, 2.24) is 10.2 Å². The van der Waals surface area contributed by atoms with Crippen LogP contribution in [0, 0.1) is 6.92 Å². The van der Waals surface area contributed by atoms with Gasteiger partial charge in [-0.2, -0.15) is 5.10 Å². The number of aryl methyl sites for hydroxylation is 1. The highest BCUT2D eigenvalue weighted by Crippen LogP contribution is 2.36. The minimum Gasteiger partial charge on any atom is -0.454 e. The van der Waals surface area contributed by atoms with E-state index in [2.05, 4.69) is 10.2 Å². The minimum atomic E-state index is -0.169. The molecule has 0 atom stereocenters. The van der Waals surface area contributed by atoms with Crippen LogP contribution >= 0.6 is 0 Å². The monoisotopic (exact) mass is 244 g/mol. The van der Waals surface area contributed by atoms with Gasteiger partial charge in [-0.25, -0.2) is 5.10 Å². The predicted molar refractivity (Wildman–Crippen MR) is 65.0 cm³/mol. The van der Waals surface area contributed by atoms with Crippen LogP contribution in [0.15, 0.2) is 29.1 Å². The van der Waals surface area contributed by atoms with Crippen LogP contribution < -0.4 is 15.0 Å². The summed E-state index contributed by atoms with van der Waals surface area (Å²) in [5, 5.41) is 6.34. The Labute approximate surface area is 103 Å². The molecular weight excluding hydrogens is 232 g/mol. The van der Waals surface area contributed by atoms with Crippen LogP contribution in [0.25, 0.3) is 0 Å². The van der Waals surface area contributed by atoms with Crippen LogP contribution in [-0.4, -0.2) is 17.0 Å². The van der Waals surface area contributed by atoms with Gasteiger partial charge in [0.15, 0.2) is 11.5 Å². The van der Waals surface area contributed by atoms with Crippen molar-refractivity contribution in [3.05, 3.63) is 51.4 Å². The Morgan fingerprint density at radius 3 is 3.11 bits per heavy atom. The molecule has 0 fully saturated rings. The average Bonchev–Trinajstić information content (AvgIpc) is 2.83. The lowest BCUT2D eigenvalue weighted by atomic mass is 10.0. The molecular formula is C13H12N2O3. The van der Waals surface area contributed by atoms with Crippen LogP contribution in [0.2, 0.25) is 0 Å². The van der Waals surface area contributed by atoms with E-state index in [1.54, 1.807) is 6.07 Å². The Morgan fingerprint density at radius 1 is 1.33 bits per heavy atom. The normalized spacial score (nSPS) is 12.7. The number of rotatable bonds is 2. The zero-order valence-electron chi connectivity index (χ0n) is 9.90. The fourth-order valence-electron chi connectivity index (χ4n) is 2.03. The Bertz CT molecular complexity index is 649. The van der Waals surface area contributed by atoms with E-state index < -0.39 is 0 Å². The van der Waals surface area contributed by atoms with Gasteiger partial charge in [0.2, 0.25) is 6.79 Å². The standard InChI is InChI=1S/C13H12N2O3/c1-8-5-10(13(16)15-14-8)6-9-3-2-4-11-12(9)18-7-17-11/h2-5H,6-7H2,1H3,(H,15,16). The molecule has 1 aromatic heterocycles. The lowest BCUT2D eigenvalue weighted by Crippen LogP contribution is -2.15. The van der Waals surface area contributed by atoms with Gasteiger partial charge in [-0.1, -0.05) is 12.1 Å². The summed E-state index contributed by atoms with van der Waals surface area (Å²) < 4.78 is 10.7. The molecule has 3 rings (SSSR count). The molecule has 0 spiro atoms. The number of para-hydroxylation sites is 1. The highest BCUT2D eigenvalue weighted by molar-refractivity contribution is 5.49. The molecule has 1 aliphatic rings. The van der Waals surface area contributed by atoms with Crippen LogP contribution in [0.1, 0.15) is 16.8 Å². The number of H-pyrrole nitrogens is 1. The molecule has 1 aromatic carbocycles. The van der Waals surface area contributed by atoms with Crippen molar-refractivity contribution >= 4 is 0 Å². The number of hydrogen-bond donors (Lipinski definition) is 1. The molecule has 2 aromatic rings. The number of fused-ring (bicyclic) bond motifs is 1. The highest BCUT2D eigenvalue weighted by atomic mass is 16.7. The molecule has 0 amide bonds. The number of aromatic amines is 1. The first-order valence-corrected chi connectivity index (χ1v) is 5.67. The fraction of sp³-hybridized carbons (Fsp3) is 0.231. The van der Waals surface area contributed by atoms with Gasteiger partial charge in [0.05, 0.1) is 5.69 Å². The van der Waals surface area contributed by atoms with Gasteiger partial charge in [-0.3, -0.25) is 4.79 Å². The SMILES string of the molecule is Cc1cc(Cc2cccc3c2OCO3)c(=O)[nH]n1. The average molecular weight is 244 g/mol. The molecule has 2 heterocycles. The smallest absolute Gasteiger partial charge is 0.267 e. The van der Waals surface area contributed by atoms with Crippen molar-refractivity contribution in [2.75, 3.05) is 6.79 Å². The van der Waals surface area contributed by atoms with E-state index in [1.807, 2.05) is 25.1 Å². The van der Waals surface area contributed by atoms with Crippen LogP contribution in [-0.2, 0) is 6.42 Å². The second-order valence-electron chi connectivity index (χ2n) is 4.19. The van der Waals surface area contributed by atoms with Gasteiger partial charge in [0.1, 0.15) is 0 Å². The topological polar surface area (TPSA) is 64.2 Å². The summed E-state index contributed by atoms with van der Waals surface area (Å²) in [6.45, 7) is 2.08. The van der Waals surface area contributed by atoms with Gasteiger partial charge >= 0.3 is 0 Å². The second-order valence-corrected chi connectivity index (χ2v) is 4.19. The van der Waals surface area contributed by atoms with E-state index in [-0.39, 0.29) is 12.4 Å². The van der Waals surface area contributed by atoms with E-state index in [9.17, 15) is 4.79 Å². The van der Waals surface area contributed by atoms with Gasteiger partial charge in [-0.05, 0) is 19.1 Å². The minimum absolute atomic E-state index is 0.169. The third-order valence-corrected chi connectivity index (χ3v) is 2.87. The summed E-state index contributed by atoms with van der Waals surface area (Å²) in [5.41, 5.74) is 2.24. The van der Waals surface area contributed by atoms with Crippen molar-refractivity contribution in [2.45, 2.75) is 13.3 Å². The molecule has 0 saturated heterocycles. The molecule has 5 nitrogen and oxygen atoms in total. The quantitative estimate of drug-likeness (QED) is 0.867. The van der Waals surface area contributed by atoms with Gasteiger partial charge in [0, 0.05) is 17.5 Å². The maximum absolute atomic E-state index is 11.7. The Balaban J connectivity index is 2.00. The van der Waals surface area contributed by atoms with Crippen LogP contribution in [0.3, 0.4) is 0 Å². The van der Waals surface area contributed by atoms with E-state index in [1.165, 1.54) is 0 Å². The molecule has 0 radical (unpaired) electrons. The second kappa shape index (κ2) is 4.18. The van der Waals surface area contributed by atoms with E-state index in [0.29, 0.717) is 12.0 Å². The third kappa shape index (κ3) is 1.84. The summed E-state index contributed by atoms with van der Waals surface area (Å²) in [6.07, 6.45) is 0.505. The van der Waals surface area contributed by atoms with Crippen molar-refractivity contribution in [1.29, 1.82) is 0 Å². The maximum atomic E-state index is 11.7. The number of nitrogens with one attached hydrogen (secondary N) is 1. The zero-order chi connectivity index (χ0) is 12.5. The van der Waals surface area contributed by atoms with Crippen molar-refractivity contribution in [2.24, 2.45) is 0 Å². The molecule has 1 aliphatic heterocycles. The number of aromatic nitrogens is 2. The lowest BCUT2D eigenvalue weighted by Gasteiger charge is -2.05. The Hall–Kier alpha value is -2.30. The predicted octanol–water partition coefficient (Wildman–Crippen LogP) is 1.40. The number of ether oxygens (including phenoxy) is 2. The van der Waals surface area contributed by atoms with Crippen LogP contribution in [0.5, 0.6) is 11.5 Å². The molecule has 0 saturated carbocycles. The van der Waals surface area contributed by atoms with Crippen molar-refractivity contribution in [3.8, 4) is 11.5 Å². The first kappa shape index (κ1) is 10.8. The zero-order valence-corrected chi connectivity index (χ0v) is 9.90. The van der Waals surface area contributed by atoms with Gasteiger partial charge < -0.3 is 9.47 Å². The third-order valence-electron chi connectivity index (χ3n) is 2.87. The summed E-state index contributed by atoms with van der Waals surface area (Å²) >= 11 is 0. The summed E-state index contributed by atoms with van der Waals surface area (Å²) in [7, 11) is 0.